The summed E-state index contributed by atoms with van der Waals surface area (Å²) in [7, 11) is 0. The van der Waals surface area contributed by atoms with Gasteiger partial charge in [0.1, 0.15) is 18.1 Å². The second-order valence-electron chi connectivity index (χ2n) is 7.79. The molecule has 0 aliphatic carbocycles. The van der Waals surface area contributed by atoms with Crippen molar-refractivity contribution in [3.05, 3.63) is 36.0 Å². The third kappa shape index (κ3) is 3.46. The van der Waals surface area contributed by atoms with E-state index in [1.165, 1.54) is 12.8 Å². The van der Waals surface area contributed by atoms with E-state index in [1.807, 2.05) is 30.3 Å². The van der Waals surface area contributed by atoms with E-state index < -0.39 is 5.92 Å². The van der Waals surface area contributed by atoms with Crippen molar-refractivity contribution in [3.8, 4) is 5.75 Å². The summed E-state index contributed by atoms with van der Waals surface area (Å²) in [4.78, 5) is 26.2. The maximum absolute atomic E-state index is 12.3. The quantitative estimate of drug-likeness (QED) is 0.671. The van der Waals surface area contributed by atoms with E-state index in [0.717, 1.165) is 41.5 Å². The number of benzene rings is 2. The molecule has 7 nitrogen and oxygen atoms in total. The molecule has 2 aliphatic rings. The molecule has 3 aromatic rings. The number of imide groups is 1. The minimum Gasteiger partial charge on any atom is -0.492 e. The van der Waals surface area contributed by atoms with E-state index in [1.54, 1.807) is 0 Å². The van der Waals surface area contributed by atoms with Crippen LogP contribution in [0.15, 0.2) is 34.9 Å². The molecule has 0 unspecified atom stereocenters. The Morgan fingerprint density at radius 1 is 1.17 bits per heavy atom. The molecule has 0 bridgehead atoms. The van der Waals surface area contributed by atoms with E-state index in [4.69, 9.17) is 9.26 Å². The number of hydrogen-bond acceptors (Lipinski definition) is 6. The maximum Gasteiger partial charge on any atom is 0.235 e. The monoisotopic (exact) mass is 393 g/mol. The Morgan fingerprint density at radius 3 is 2.86 bits per heavy atom. The lowest BCUT2D eigenvalue weighted by Crippen LogP contribution is -2.39. The molecular weight excluding hydrogens is 370 g/mol. The Hall–Kier alpha value is -2.93. The molecule has 150 valence electrons. The van der Waals surface area contributed by atoms with Gasteiger partial charge >= 0.3 is 0 Å². The predicted octanol–water partition coefficient (Wildman–Crippen LogP) is 2.98. The normalized spacial score (nSPS) is 20.5. The number of nitrogens with zero attached hydrogens (tertiary/aromatic N) is 2. The number of carbonyl (C=O) groups is 2. The summed E-state index contributed by atoms with van der Waals surface area (Å²) in [5, 5.41) is 9.39. The van der Waals surface area contributed by atoms with Crippen LogP contribution in [0.4, 0.5) is 0 Å². The number of hydrogen-bond donors (Lipinski definition) is 1. The molecule has 0 spiro atoms. The number of carbonyl (C=O) groups excluding carboxylic acids is 2. The molecule has 1 N–H and O–H groups in total. The van der Waals surface area contributed by atoms with Gasteiger partial charge in [-0.2, -0.15) is 0 Å². The molecule has 1 atom stereocenters. The first-order valence-electron chi connectivity index (χ1n) is 10.2. The Balaban J connectivity index is 1.42. The van der Waals surface area contributed by atoms with E-state index in [9.17, 15) is 9.59 Å². The summed E-state index contributed by atoms with van der Waals surface area (Å²) >= 11 is 0. The molecule has 5 rings (SSSR count). The molecule has 2 fully saturated rings. The van der Waals surface area contributed by atoms with Crippen molar-refractivity contribution >= 4 is 33.6 Å². The highest BCUT2D eigenvalue weighted by molar-refractivity contribution is 6.10. The molecule has 7 heteroatoms. The summed E-state index contributed by atoms with van der Waals surface area (Å²) < 4.78 is 11.4. The Bertz CT molecular complexity index is 1080. The van der Waals surface area contributed by atoms with Crippen molar-refractivity contribution in [3.63, 3.8) is 0 Å². The standard InChI is InChI=1S/C22H23N3O4/c26-19-8-6-17(22(27)23-19)21-20-16-5-4-15(28-12-11-25-9-1-2-10-25)13-14(16)3-7-18(20)29-24-21/h3-5,7,13,17H,1-2,6,8-12H2,(H,23,26,27)/t17-/m0/s1. The lowest BCUT2D eigenvalue weighted by atomic mass is 9.91. The number of ether oxygens (including phenoxy) is 1. The molecule has 0 saturated carbocycles. The summed E-state index contributed by atoms with van der Waals surface area (Å²) in [6, 6.07) is 9.81. The average Bonchev–Trinajstić information content (AvgIpc) is 3.38. The summed E-state index contributed by atoms with van der Waals surface area (Å²) in [6.45, 7) is 3.94. The van der Waals surface area contributed by atoms with Gasteiger partial charge in [-0.05, 0) is 67.4 Å². The van der Waals surface area contributed by atoms with Gasteiger partial charge in [-0.15, -0.1) is 0 Å². The number of nitrogens with one attached hydrogen (secondary N) is 1. The number of rotatable bonds is 5. The lowest BCUT2D eigenvalue weighted by Gasteiger charge is -2.19. The topological polar surface area (TPSA) is 84.7 Å². The Labute approximate surface area is 168 Å². The van der Waals surface area contributed by atoms with Gasteiger partial charge in [-0.1, -0.05) is 11.2 Å². The van der Waals surface area contributed by atoms with Crippen LogP contribution in [0.5, 0.6) is 5.75 Å². The maximum atomic E-state index is 12.3. The van der Waals surface area contributed by atoms with Crippen LogP contribution in [0.25, 0.3) is 21.7 Å². The average molecular weight is 393 g/mol. The highest BCUT2D eigenvalue weighted by Gasteiger charge is 2.32. The van der Waals surface area contributed by atoms with Crippen LogP contribution in [0.3, 0.4) is 0 Å². The molecule has 2 amide bonds. The highest BCUT2D eigenvalue weighted by Crippen LogP contribution is 2.36. The van der Waals surface area contributed by atoms with Crippen molar-refractivity contribution in [2.45, 2.75) is 31.6 Å². The van der Waals surface area contributed by atoms with Gasteiger partial charge in [0.15, 0.2) is 5.58 Å². The van der Waals surface area contributed by atoms with Crippen molar-refractivity contribution in [2.75, 3.05) is 26.2 Å². The van der Waals surface area contributed by atoms with Crippen LogP contribution < -0.4 is 10.1 Å². The minimum atomic E-state index is -0.476. The van der Waals surface area contributed by atoms with Gasteiger partial charge in [0.2, 0.25) is 11.8 Å². The minimum absolute atomic E-state index is 0.236. The fourth-order valence-corrected chi connectivity index (χ4v) is 4.35. The lowest BCUT2D eigenvalue weighted by molar-refractivity contribution is -0.134. The first-order chi connectivity index (χ1) is 14.2. The zero-order valence-electron chi connectivity index (χ0n) is 16.1. The highest BCUT2D eigenvalue weighted by atomic mass is 16.5. The molecule has 2 saturated heterocycles. The summed E-state index contributed by atoms with van der Waals surface area (Å²) in [5.41, 5.74) is 1.23. The first-order valence-corrected chi connectivity index (χ1v) is 10.2. The van der Waals surface area contributed by atoms with E-state index in [2.05, 4.69) is 15.4 Å². The van der Waals surface area contributed by atoms with Crippen LogP contribution in [-0.2, 0) is 9.59 Å². The van der Waals surface area contributed by atoms with Gasteiger partial charge in [0.25, 0.3) is 0 Å². The number of likely N-dealkylation sites (tertiary alicyclic amines) is 1. The predicted molar refractivity (Wildman–Crippen MR) is 108 cm³/mol. The zero-order valence-corrected chi connectivity index (χ0v) is 16.1. The number of piperidine rings is 1. The van der Waals surface area contributed by atoms with Crippen molar-refractivity contribution in [1.82, 2.24) is 15.4 Å². The number of amides is 2. The smallest absolute Gasteiger partial charge is 0.235 e. The second-order valence-corrected chi connectivity index (χ2v) is 7.79. The van der Waals surface area contributed by atoms with Crippen LogP contribution >= 0.6 is 0 Å². The summed E-state index contributed by atoms with van der Waals surface area (Å²) in [5.74, 6) is -0.194. The fourth-order valence-electron chi connectivity index (χ4n) is 4.35. The molecule has 1 aromatic heterocycles. The second kappa shape index (κ2) is 7.48. The summed E-state index contributed by atoms with van der Waals surface area (Å²) in [6.07, 6.45) is 3.31. The Kier molecular flexibility index (Phi) is 4.67. The van der Waals surface area contributed by atoms with Crippen LogP contribution in [0.2, 0.25) is 0 Å². The van der Waals surface area contributed by atoms with Gasteiger partial charge in [-0.25, -0.2) is 0 Å². The van der Waals surface area contributed by atoms with Gasteiger partial charge < -0.3 is 9.26 Å². The first kappa shape index (κ1) is 18.1. The molecule has 29 heavy (non-hydrogen) atoms. The van der Waals surface area contributed by atoms with Crippen molar-refractivity contribution in [2.24, 2.45) is 0 Å². The van der Waals surface area contributed by atoms with Crippen molar-refractivity contribution < 1.29 is 18.8 Å². The third-order valence-corrected chi connectivity index (χ3v) is 5.90. The molecule has 3 heterocycles. The van der Waals surface area contributed by atoms with E-state index in [-0.39, 0.29) is 11.8 Å². The van der Waals surface area contributed by atoms with Gasteiger partial charge in [0.05, 0.1) is 11.3 Å². The van der Waals surface area contributed by atoms with Crippen LogP contribution in [0.1, 0.15) is 37.3 Å². The van der Waals surface area contributed by atoms with Crippen LogP contribution in [0, 0.1) is 0 Å². The van der Waals surface area contributed by atoms with Crippen LogP contribution in [-0.4, -0.2) is 48.1 Å². The van der Waals surface area contributed by atoms with E-state index in [0.29, 0.717) is 30.7 Å². The van der Waals surface area contributed by atoms with E-state index >= 15 is 0 Å². The fraction of sp³-hybridized carbons (Fsp3) is 0.409. The Morgan fingerprint density at radius 2 is 2.03 bits per heavy atom. The zero-order chi connectivity index (χ0) is 19.8. The number of fused-ring (bicyclic) bond motifs is 3. The van der Waals surface area contributed by atoms with Gasteiger partial charge in [-0.3, -0.25) is 19.8 Å². The largest absolute Gasteiger partial charge is 0.492 e. The van der Waals surface area contributed by atoms with Crippen molar-refractivity contribution in [1.29, 1.82) is 0 Å². The molecule has 2 aliphatic heterocycles. The third-order valence-electron chi connectivity index (χ3n) is 5.90. The van der Waals surface area contributed by atoms with Gasteiger partial charge in [0, 0.05) is 13.0 Å². The number of aromatic nitrogens is 1. The molecule has 2 aromatic carbocycles. The molecule has 0 radical (unpaired) electrons. The SMILES string of the molecule is O=C1CC[C@@H](c2noc3ccc4cc(OCCN5CCCC5)ccc4c23)C(=O)N1. The molecular formula is C22H23N3O4.